The third-order valence-corrected chi connectivity index (χ3v) is 5.43. The highest BCUT2D eigenvalue weighted by atomic mass is 32.2. The van der Waals surface area contributed by atoms with Crippen molar-refractivity contribution in [2.24, 2.45) is 15.4 Å². The highest BCUT2D eigenvalue weighted by Crippen LogP contribution is 2.41. The van der Waals surface area contributed by atoms with E-state index in [-0.39, 0.29) is 10.8 Å². The number of benzene rings is 2. The fourth-order valence-corrected chi connectivity index (χ4v) is 3.83. The Hall–Kier alpha value is -2.82. The van der Waals surface area contributed by atoms with Gasteiger partial charge in [-0.05, 0) is 36.4 Å². The van der Waals surface area contributed by atoms with Gasteiger partial charge < -0.3 is 10.1 Å². The van der Waals surface area contributed by atoms with Gasteiger partial charge in [-0.1, -0.05) is 0 Å². The first-order valence-corrected chi connectivity index (χ1v) is 9.47. The smallest absolute Gasteiger partial charge is 0.238 e. The number of sulfonamides is 1. The first-order valence-electron chi connectivity index (χ1n) is 7.05. The number of hydrogen-bond donors (Lipinski definition) is 3. The van der Waals surface area contributed by atoms with Crippen LogP contribution in [0.4, 0.5) is 11.4 Å². The van der Waals surface area contributed by atoms with E-state index >= 15 is 0 Å². The lowest BCUT2D eigenvalue weighted by atomic mass is 10.2. The van der Waals surface area contributed by atoms with Gasteiger partial charge in [-0.15, -0.1) is 16.5 Å². The van der Waals surface area contributed by atoms with Crippen LogP contribution in [0.5, 0.6) is 5.88 Å². The van der Waals surface area contributed by atoms with Gasteiger partial charge in [-0.3, -0.25) is 0 Å². The van der Waals surface area contributed by atoms with Crippen LogP contribution in [0.1, 0.15) is 0 Å². The maximum Gasteiger partial charge on any atom is 0.238 e. The average molecular weight is 373 g/mol. The Labute approximate surface area is 145 Å². The summed E-state index contributed by atoms with van der Waals surface area (Å²) < 4.78 is 23.4. The minimum Gasteiger partial charge on any atom is -0.493 e. The summed E-state index contributed by atoms with van der Waals surface area (Å²) in [5, 5.41) is 24.1. The van der Waals surface area contributed by atoms with E-state index in [0.717, 1.165) is 21.1 Å². The van der Waals surface area contributed by atoms with Crippen LogP contribution in [0, 0.1) is 0 Å². The molecular weight excluding hydrogens is 362 g/mol. The maximum absolute atomic E-state index is 11.3. The predicted molar refractivity (Wildman–Crippen MR) is 95.1 cm³/mol. The van der Waals surface area contributed by atoms with Crippen LogP contribution >= 0.6 is 11.3 Å². The number of rotatable bonds is 3. The van der Waals surface area contributed by atoms with Crippen LogP contribution in [0.25, 0.3) is 21.1 Å². The monoisotopic (exact) mass is 373 g/mol. The van der Waals surface area contributed by atoms with Crippen molar-refractivity contribution in [2.45, 2.75) is 4.90 Å². The van der Waals surface area contributed by atoms with Gasteiger partial charge in [-0.2, -0.15) is 5.11 Å². The number of hydrogen-bond acceptors (Lipinski definition) is 7. The SMILES string of the molecule is NS(=O)(=O)c1ccc(N=Nc2c(O)[nH]c3ccc4ncsc4c23)cc1. The van der Waals surface area contributed by atoms with Gasteiger partial charge in [-0.25, -0.2) is 18.5 Å². The minimum absolute atomic E-state index is 0.00670. The van der Waals surface area contributed by atoms with Crippen molar-refractivity contribution >= 4 is 53.9 Å². The lowest BCUT2D eigenvalue weighted by molar-refractivity contribution is 0.459. The molecule has 0 amide bonds. The molecule has 2 aromatic heterocycles. The number of aromatic hydroxyl groups is 1. The normalized spacial score (nSPS) is 12.5. The van der Waals surface area contributed by atoms with Crippen LogP contribution in [0.2, 0.25) is 0 Å². The van der Waals surface area contributed by atoms with Crippen LogP contribution in [0.15, 0.2) is 57.0 Å². The summed E-state index contributed by atoms with van der Waals surface area (Å²) in [6.45, 7) is 0. The van der Waals surface area contributed by atoms with E-state index in [4.69, 9.17) is 5.14 Å². The molecule has 0 aliphatic heterocycles. The Bertz CT molecular complexity index is 1220. The molecule has 0 spiro atoms. The first-order chi connectivity index (χ1) is 11.9. The van der Waals surface area contributed by atoms with Gasteiger partial charge in [0.05, 0.1) is 37.2 Å². The summed E-state index contributed by atoms with van der Waals surface area (Å²) in [6.07, 6.45) is 0. The number of azo groups is 1. The van der Waals surface area contributed by atoms with Crippen molar-refractivity contribution in [1.82, 2.24) is 9.97 Å². The van der Waals surface area contributed by atoms with Crippen molar-refractivity contribution in [3.63, 3.8) is 0 Å². The molecule has 0 fully saturated rings. The number of nitrogens with two attached hydrogens (primary N) is 1. The van der Waals surface area contributed by atoms with E-state index in [9.17, 15) is 13.5 Å². The maximum atomic E-state index is 11.3. The summed E-state index contributed by atoms with van der Waals surface area (Å²) in [7, 11) is -3.75. The Morgan fingerprint density at radius 3 is 2.60 bits per heavy atom. The molecule has 10 heteroatoms. The van der Waals surface area contributed by atoms with Gasteiger partial charge in [0.2, 0.25) is 15.9 Å². The number of primary sulfonamides is 1. The van der Waals surface area contributed by atoms with Gasteiger partial charge >= 0.3 is 0 Å². The van der Waals surface area contributed by atoms with Crippen molar-refractivity contribution in [3.8, 4) is 5.88 Å². The summed E-state index contributed by atoms with van der Waals surface area (Å²) >= 11 is 1.45. The van der Waals surface area contributed by atoms with Crippen molar-refractivity contribution in [3.05, 3.63) is 41.9 Å². The molecule has 4 rings (SSSR count). The van der Waals surface area contributed by atoms with Crippen molar-refractivity contribution in [1.29, 1.82) is 0 Å². The molecule has 0 saturated heterocycles. The standard InChI is InChI=1S/C15H11N5O3S2/c16-25(22,23)9-3-1-8(2-4-9)19-20-13-12-10(18-15(13)21)5-6-11-14(12)24-7-17-11/h1-7,18,21H,(H2,16,22,23). The van der Waals surface area contributed by atoms with Gasteiger partial charge in [0.1, 0.15) is 0 Å². The largest absolute Gasteiger partial charge is 0.493 e. The number of nitrogens with one attached hydrogen (secondary N) is 1. The number of thiazole rings is 1. The summed E-state index contributed by atoms with van der Waals surface area (Å²) in [5.74, 6) is -0.0965. The summed E-state index contributed by atoms with van der Waals surface area (Å²) in [6, 6.07) is 9.34. The second-order valence-corrected chi connectivity index (χ2v) is 7.67. The fourth-order valence-electron chi connectivity index (χ4n) is 2.48. The molecule has 0 unspecified atom stereocenters. The molecule has 0 radical (unpaired) electrons. The molecule has 0 aliphatic rings. The van der Waals surface area contributed by atoms with Crippen LogP contribution in [0.3, 0.4) is 0 Å². The Morgan fingerprint density at radius 2 is 1.88 bits per heavy atom. The summed E-state index contributed by atoms with van der Waals surface area (Å²) in [4.78, 5) is 7.10. The zero-order chi connectivity index (χ0) is 17.6. The van der Waals surface area contributed by atoms with E-state index in [0.29, 0.717) is 11.4 Å². The zero-order valence-corrected chi connectivity index (χ0v) is 14.2. The van der Waals surface area contributed by atoms with E-state index < -0.39 is 10.0 Å². The van der Waals surface area contributed by atoms with E-state index in [1.807, 2.05) is 12.1 Å². The van der Waals surface area contributed by atoms with E-state index in [2.05, 4.69) is 20.2 Å². The van der Waals surface area contributed by atoms with Crippen molar-refractivity contribution in [2.75, 3.05) is 0 Å². The average Bonchev–Trinajstić information content (AvgIpc) is 3.15. The third-order valence-electron chi connectivity index (χ3n) is 3.64. The molecule has 126 valence electrons. The topological polar surface area (TPSA) is 134 Å². The number of aromatic nitrogens is 2. The molecule has 4 N–H and O–H groups in total. The molecule has 2 heterocycles. The minimum atomic E-state index is -3.75. The van der Waals surface area contributed by atoms with Crippen LogP contribution < -0.4 is 5.14 Å². The lowest BCUT2D eigenvalue weighted by Gasteiger charge is -1.98. The first kappa shape index (κ1) is 15.7. The molecule has 4 aromatic rings. The molecule has 25 heavy (non-hydrogen) atoms. The van der Waals surface area contributed by atoms with Gasteiger partial charge in [0.25, 0.3) is 0 Å². The molecular formula is C15H11N5O3S2. The molecule has 0 aliphatic carbocycles. The number of fused-ring (bicyclic) bond motifs is 3. The zero-order valence-electron chi connectivity index (χ0n) is 12.5. The Balaban J connectivity index is 1.79. The van der Waals surface area contributed by atoms with Crippen LogP contribution in [-0.4, -0.2) is 23.5 Å². The number of nitrogens with zero attached hydrogens (tertiary/aromatic N) is 3. The molecule has 8 nitrogen and oxygen atoms in total. The molecule has 0 saturated carbocycles. The Morgan fingerprint density at radius 1 is 1.12 bits per heavy atom. The van der Waals surface area contributed by atoms with Crippen LogP contribution in [-0.2, 0) is 10.0 Å². The highest BCUT2D eigenvalue weighted by molar-refractivity contribution is 7.89. The molecule has 2 aromatic carbocycles. The van der Waals surface area contributed by atoms with E-state index in [1.165, 1.54) is 35.6 Å². The highest BCUT2D eigenvalue weighted by Gasteiger charge is 2.15. The quantitative estimate of drug-likeness (QED) is 0.473. The second kappa shape index (κ2) is 5.62. The molecule has 0 atom stereocenters. The second-order valence-electron chi connectivity index (χ2n) is 5.25. The van der Waals surface area contributed by atoms with E-state index in [1.54, 1.807) is 5.51 Å². The number of H-pyrrole nitrogens is 1. The number of aromatic amines is 1. The third kappa shape index (κ3) is 2.76. The van der Waals surface area contributed by atoms with Crippen molar-refractivity contribution < 1.29 is 13.5 Å². The molecule has 0 bridgehead atoms. The summed E-state index contributed by atoms with van der Waals surface area (Å²) in [5.41, 5.74) is 4.00. The predicted octanol–water partition coefficient (Wildman–Crippen LogP) is 3.55. The fraction of sp³-hybridized carbons (Fsp3) is 0. The van der Waals surface area contributed by atoms with Gasteiger partial charge in [0, 0.05) is 0 Å². The lowest BCUT2D eigenvalue weighted by Crippen LogP contribution is -2.11. The van der Waals surface area contributed by atoms with Gasteiger partial charge in [0.15, 0.2) is 5.69 Å². The Kier molecular flexibility index (Phi) is 3.53.